The van der Waals surface area contributed by atoms with Crippen molar-refractivity contribution in [2.45, 2.75) is 89.3 Å². The molecule has 3 saturated carbocycles. The van der Waals surface area contributed by atoms with Crippen molar-refractivity contribution >= 4 is 5.91 Å². The van der Waals surface area contributed by atoms with Crippen LogP contribution in [0.25, 0.3) is 0 Å². The SMILES string of the molecule is O=C(CCc1ccccc1)N(C1CC2CCC1C2)C1NNCC1C1CCCCCC1. The largest absolute Gasteiger partial charge is 0.322 e. The van der Waals surface area contributed by atoms with Gasteiger partial charge >= 0.3 is 0 Å². The van der Waals surface area contributed by atoms with Crippen molar-refractivity contribution in [1.82, 2.24) is 15.8 Å². The first-order chi connectivity index (χ1) is 14.8. The van der Waals surface area contributed by atoms with E-state index >= 15 is 0 Å². The molecule has 4 fully saturated rings. The van der Waals surface area contributed by atoms with Gasteiger partial charge in [0.15, 0.2) is 0 Å². The van der Waals surface area contributed by atoms with Gasteiger partial charge in [0.1, 0.15) is 0 Å². The highest BCUT2D eigenvalue weighted by Gasteiger charge is 2.48. The average molecular weight is 410 g/mol. The number of carbonyl (C=O) groups excluding carboxylic acids is 1. The maximum Gasteiger partial charge on any atom is 0.224 e. The fourth-order valence-electron chi connectivity index (χ4n) is 7.06. The molecule has 5 unspecified atom stereocenters. The van der Waals surface area contributed by atoms with Gasteiger partial charge in [-0.25, -0.2) is 5.43 Å². The number of fused-ring (bicyclic) bond motifs is 2. The maximum absolute atomic E-state index is 13.7. The third-order valence-electron chi connectivity index (χ3n) is 8.61. The molecule has 30 heavy (non-hydrogen) atoms. The lowest BCUT2D eigenvalue weighted by Gasteiger charge is -2.42. The van der Waals surface area contributed by atoms with Gasteiger partial charge in [-0.05, 0) is 49.0 Å². The summed E-state index contributed by atoms with van der Waals surface area (Å²) in [6.45, 7) is 1.01. The van der Waals surface area contributed by atoms with Crippen molar-refractivity contribution in [3.8, 4) is 0 Å². The molecule has 2 N–H and O–H groups in total. The molecule has 1 aliphatic heterocycles. The van der Waals surface area contributed by atoms with E-state index in [2.05, 4.69) is 46.1 Å². The smallest absolute Gasteiger partial charge is 0.224 e. The molecule has 1 saturated heterocycles. The van der Waals surface area contributed by atoms with Gasteiger partial charge in [0.2, 0.25) is 5.91 Å². The summed E-state index contributed by atoms with van der Waals surface area (Å²) in [5.41, 5.74) is 8.34. The van der Waals surface area contributed by atoms with E-state index in [4.69, 9.17) is 0 Å². The van der Waals surface area contributed by atoms with Crippen LogP contribution in [-0.4, -0.2) is 29.6 Å². The maximum atomic E-state index is 13.7. The van der Waals surface area contributed by atoms with Crippen LogP contribution in [0.3, 0.4) is 0 Å². The van der Waals surface area contributed by atoms with Gasteiger partial charge in [-0.1, -0.05) is 75.3 Å². The van der Waals surface area contributed by atoms with Crippen LogP contribution in [-0.2, 0) is 11.2 Å². The summed E-state index contributed by atoms with van der Waals surface area (Å²) in [6.07, 6.45) is 15.1. The highest BCUT2D eigenvalue weighted by molar-refractivity contribution is 5.77. The number of nitrogens with zero attached hydrogens (tertiary/aromatic N) is 1. The fraction of sp³-hybridized carbons (Fsp3) is 0.731. The molecule has 1 aromatic carbocycles. The second-order valence-electron chi connectivity index (χ2n) is 10.4. The first-order valence-corrected chi connectivity index (χ1v) is 12.6. The van der Waals surface area contributed by atoms with E-state index in [0.29, 0.717) is 24.3 Å². The minimum absolute atomic E-state index is 0.181. The lowest BCUT2D eigenvalue weighted by atomic mass is 9.83. The highest BCUT2D eigenvalue weighted by Crippen LogP contribution is 2.48. The number of benzene rings is 1. The summed E-state index contributed by atoms with van der Waals surface area (Å²) in [5, 5.41) is 0. The Kier molecular flexibility index (Phi) is 6.42. The second-order valence-corrected chi connectivity index (χ2v) is 10.4. The number of carbonyl (C=O) groups is 1. The molecule has 4 nitrogen and oxygen atoms in total. The predicted molar refractivity (Wildman–Crippen MR) is 120 cm³/mol. The molecule has 5 rings (SSSR count). The molecule has 4 aliphatic rings. The lowest BCUT2D eigenvalue weighted by Crippen LogP contribution is -2.57. The van der Waals surface area contributed by atoms with Crippen LogP contribution in [0.1, 0.15) is 76.2 Å². The summed E-state index contributed by atoms with van der Waals surface area (Å²) in [6, 6.07) is 11.0. The molecule has 5 atom stereocenters. The van der Waals surface area contributed by atoms with Crippen LogP contribution in [0.4, 0.5) is 0 Å². The molecule has 1 heterocycles. The minimum Gasteiger partial charge on any atom is -0.322 e. The molecule has 1 aromatic rings. The summed E-state index contributed by atoms with van der Waals surface area (Å²) >= 11 is 0. The first-order valence-electron chi connectivity index (χ1n) is 12.6. The zero-order chi connectivity index (χ0) is 20.3. The van der Waals surface area contributed by atoms with E-state index in [1.807, 2.05) is 0 Å². The normalized spacial score (nSPS) is 34.2. The molecule has 2 bridgehead atoms. The van der Waals surface area contributed by atoms with Crippen LogP contribution in [0.5, 0.6) is 0 Å². The summed E-state index contributed by atoms with van der Waals surface area (Å²) < 4.78 is 0. The van der Waals surface area contributed by atoms with Crippen LogP contribution in [0.15, 0.2) is 30.3 Å². The van der Waals surface area contributed by atoms with E-state index in [9.17, 15) is 4.79 Å². The molecule has 1 amide bonds. The van der Waals surface area contributed by atoms with Gasteiger partial charge in [0.05, 0.1) is 6.17 Å². The molecule has 0 spiro atoms. The van der Waals surface area contributed by atoms with E-state index in [1.165, 1.54) is 69.8 Å². The molecule has 0 aromatic heterocycles. The van der Waals surface area contributed by atoms with Crippen LogP contribution >= 0.6 is 0 Å². The number of hydrogen-bond acceptors (Lipinski definition) is 3. The van der Waals surface area contributed by atoms with E-state index in [1.54, 1.807) is 0 Å². The van der Waals surface area contributed by atoms with E-state index < -0.39 is 0 Å². The fourth-order valence-corrected chi connectivity index (χ4v) is 7.06. The Labute approximate surface area is 182 Å². The molecule has 164 valence electrons. The van der Waals surface area contributed by atoms with Gasteiger partial charge in [-0.15, -0.1) is 0 Å². The number of amides is 1. The number of nitrogens with one attached hydrogen (secondary N) is 2. The quantitative estimate of drug-likeness (QED) is 0.672. The Morgan fingerprint density at radius 3 is 2.43 bits per heavy atom. The van der Waals surface area contributed by atoms with Crippen molar-refractivity contribution in [2.75, 3.05) is 6.54 Å². The molecule has 3 aliphatic carbocycles. The van der Waals surface area contributed by atoms with Gasteiger partial charge in [0, 0.05) is 24.9 Å². The van der Waals surface area contributed by atoms with Crippen molar-refractivity contribution in [1.29, 1.82) is 0 Å². The van der Waals surface area contributed by atoms with Gasteiger partial charge in [0.25, 0.3) is 0 Å². The lowest BCUT2D eigenvalue weighted by molar-refractivity contribution is -0.140. The zero-order valence-electron chi connectivity index (χ0n) is 18.4. The van der Waals surface area contributed by atoms with Gasteiger partial charge < -0.3 is 4.90 Å². The van der Waals surface area contributed by atoms with E-state index in [0.717, 1.165) is 30.7 Å². The summed E-state index contributed by atoms with van der Waals surface area (Å²) in [5.74, 6) is 3.27. The summed E-state index contributed by atoms with van der Waals surface area (Å²) in [4.78, 5) is 16.1. The van der Waals surface area contributed by atoms with Crippen LogP contribution in [0, 0.1) is 23.7 Å². The predicted octanol–water partition coefficient (Wildman–Crippen LogP) is 4.66. The van der Waals surface area contributed by atoms with Crippen LogP contribution < -0.4 is 10.9 Å². The second kappa shape index (κ2) is 9.40. The molecular weight excluding hydrogens is 370 g/mol. The molecule has 4 heteroatoms. The molecule has 0 radical (unpaired) electrons. The Morgan fingerprint density at radius 1 is 0.933 bits per heavy atom. The number of hydrogen-bond donors (Lipinski definition) is 2. The topological polar surface area (TPSA) is 44.4 Å². The van der Waals surface area contributed by atoms with Crippen LogP contribution in [0.2, 0.25) is 0 Å². The standard InChI is InChI=1S/C26H39N3O/c30-25(15-13-19-8-4-3-5-9-19)29(24-17-20-12-14-22(24)16-20)26-23(18-27-28-26)21-10-6-1-2-7-11-21/h3-5,8-9,20-24,26-28H,1-2,6-7,10-18H2. The monoisotopic (exact) mass is 409 g/mol. The average Bonchev–Trinajstić information content (AvgIpc) is 3.48. The number of hydrazine groups is 1. The minimum atomic E-state index is 0.181. The Morgan fingerprint density at radius 2 is 1.73 bits per heavy atom. The van der Waals surface area contributed by atoms with Crippen molar-refractivity contribution < 1.29 is 4.79 Å². The Hall–Kier alpha value is -1.39. The van der Waals surface area contributed by atoms with Crippen molar-refractivity contribution in [3.05, 3.63) is 35.9 Å². The van der Waals surface area contributed by atoms with E-state index in [-0.39, 0.29) is 6.17 Å². The number of aryl methyl sites for hydroxylation is 1. The Balaban J connectivity index is 1.34. The number of rotatable bonds is 6. The third kappa shape index (κ3) is 4.31. The molecular formula is C26H39N3O. The van der Waals surface area contributed by atoms with Gasteiger partial charge in [-0.2, -0.15) is 0 Å². The summed E-state index contributed by atoms with van der Waals surface area (Å²) in [7, 11) is 0. The third-order valence-corrected chi connectivity index (χ3v) is 8.61. The van der Waals surface area contributed by atoms with Gasteiger partial charge in [-0.3, -0.25) is 10.2 Å². The van der Waals surface area contributed by atoms with Crippen molar-refractivity contribution in [3.63, 3.8) is 0 Å². The Bertz CT molecular complexity index is 699. The first kappa shape index (κ1) is 20.5. The highest BCUT2D eigenvalue weighted by atomic mass is 16.2. The van der Waals surface area contributed by atoms with Crippen molar-refractivity contribution in [2.24, 2.45) is 23.7 Å². The zero-order valence-corrected chi connectivity index (χ0v) is 18.4.